The molecule has 0 aliphatic carbocycles. The number of benzene rings is 3. The first-order valence-corrected chi connectivity index (χ1v) is 11.8. The molecule has 4 aromatic rings. The fraction of sp³-hybridized carbons (Fsp3) is 0.286. The van der Waals surface area contributed by atoms with Crippen LogP contribution in [0.3, 0.4) is 0 Å². The number of rotatable bonds is 9. The molecule has 0 bridgehead atoms. The van der Waals surface area contributed by atoms with Gasteiger partial charge < -0.3 is 23.7 Å². The number of aryl methyl sites for hydroxylation is 1. The van der Waals surface area contributed by atoms with Gasteiger partial charge in [0.05, 0.1) is 37.5 Å². The van der Waals surface area contributed by atoms with Crippen molar-refractivity contribution in [1.82, 2.24) is 9.55 Å². The number of carbonyl (C=O) groups is 1. The van der Waals surface area contributed by atoms with Crippen molar-refractivity contribution in [1.29, 1.82) is 0 Å². The number of aromatic nitrogens is 2. The first-order chi connectivity index (χ1) is 17.2. The van der Waals surface area contributed by atoms with Gasteiger partial charge in [-0.25, -0.2) is 4.98 Å². The monoisotopic (exact) mass is 471 g/mol. The fourth-order valence-electron chi connectivity index (χ4n) is 4.69. The zero-order valence-corrected chi connectivity index (χ0v) is 20.0. The van der Waals surface area contributed by atoms with Crippen LogP contribution in [0.15, 0.2) is 72.8 Å². The van der Waals surface area contributed by atoms with Crippen LogP contribution in [0.1, 0.15) is 24.6 Å². The van der Waals surface area contributed by atoms with E-state index in [9.17, 15) is 4.79 Å². The lowest BCUT2D eigenvalue weighted by Crippen LogP contribution is -2.25. The standard InChI is InChI=1S/C28H29N3O4/c1-33-21-12-14-22(15-13-21)35-17-7-16-30-24-9-4-3-8-23(24)29-28(30)20-18-27(32)31(19-20)25-10-5-6-11-26(25)34-2/h3-6,8-15,20H,7,16-19H2,1-2H3. The Kier molecular flexibility index (Phi) is 6.57. The van der Waals surface area contributed by atoms with Crippen LogP contribution in [-0.2, 0) is 11.3 Å². The van der Waals surface area contributed by atoms with Crippen LogP contribution < -0.4 is 19.1 Å². The number of hydrogen-bond acceptors (Lipinski definition) is 5. The molecule has 3 aromatic carbocycles. The Bertz CT molecular complexity index is 1320. The van der Waals surface area contributed by atoms with Crippen molar-refractivity contribution in [2.24, 2.45) is 0 Å². The molecule has 2 heterocycles. The van der Waals surface area contributed by atoms with Gasteiger partial charge >= 0.3 is 0 Å². The van der Waals surface area contributed by atoms with Gasteiger partial charge in [-0.3, -0.25) is 4.79 Å². The minimum Gasteiger partial charge on any atom is -0.497 e. The maximum atomic E-state index is 13.0. The van der Waals surface area contributed by atoms with Gasteiger partial charge in [0.25, 0.3) is 0 Å². The van der Waals surface area contributed by atoms with Gasteiger partial charge in [-0.15, -0.1) is 0 Å². The topological polar surface area (TPSA) is 65.8 Å². The summed E-state index contributed by atoms with van der Waals surface area (Å²) < 4.78 is 18.9. The number of para-hydroxylation sites is 4. The Morgan fingerprint density at radius 3 is 2.46 bits per heavy atom. The maximum absolute atomic E-state index is 13.0. The summed E-state index contributed by atoms with van der Waals surface area (Å²) in [6.45, 7) is 1.91. The molecule has 35 heavy (non-hydrogen) atoms. The summed E-state index contributed by atoms with van der Waals surface area (Å²) in [7, 11) is 3.28. The van der Waals surface area contributed by atoms with E-state index in [2.05, 4.69) is 10.6 Å². The Hall–Kier alpha value is -4.00. The molecule has 1 amide bonds. The van der Waals surface area contributed by atoms with E-state index >= 15 is 0 Å². The Labute approximate surface area is 204 Å². The number of nitrogens with zero attached hydrogens (tertiary/aromatic N) is 3. The second-order valence-corrected chi connectivity index (χ2v) is 8.57. The van der Waals surface area contributed by atoms with Crippen molar-refractivity contribution in [3.8, 4) is 17.2 Å². The maximum Gasteiger partial charge on any atom is 0.227 e. The molecule has 1 aliphatic heterocycles. The van der Waals surface area contributed by atoms with Gasteiger partial charge in [0, 0.05) is 25.4 Å². The van der Waals surface area contributed by atoms with E-state index in [0.717, 1.165) is 47.0 Å². The smallest absolute Gasteiger partial charge is 0.227 e. The highest BCUT2D eigenvalue weighted by molar-refractivity contribution is 5.97. The van der Waals surface area contributed by atoms with Gasteiger partial charge in [0.15, 0.2) is 0 Å². The summed E-state index contributed by atoms with van der Waals surface area (Å²) in [5.41, 5.74) is 2.83. The predicted octanol–water partition coefficient (Wildman–Crippen LogP) is 5.04. The van der Waals surface area contributed by atoms with Crippen molar-refractivity contribution in [2.75, 3.05) is 32.3 Å². The summed E-state index contributed by atoms with van der Waals surface area (Å²) in [4.78, 5) is 19.8. The highest BCUT2D eigenvalue weighted by atomic mass is 16.5. The average Bonchev–Trinajstić information content (AvgIpc) is 3.47. The molecular weight excluding hydrogens is 442 g/mol. The van der Waals surface area contributed by atoms with Crippen LogP contribution in [0.25, 0.3) is 11.0 Å². The molecule has 7 nitrogen and oxygen atoms in total. The zero-order chi connectivity index (χ0) is 24.2. The lowest BCUT2D eigenvalue weighted by molar-refractivity contribution is -0.117. The van der Waals surface area contributed by atoms with Gasteiger partial charge in [0.1, 0.15) is 23.1 Å². The summed E-state index contributed by atoms with van der Waals surface area (Å²) >= 11 is 0. The van der Waals surface area contributed by atoms with E-state index in [-0.39, 0.29) is 11.8 Å². The molecule has 0 spiro atoms. The van der Waals surface area contributed by atoms with Gasteiger partial charge in [-0.2, -0.15) is 0 Å². The van der Waals surface area contributed by atoms with Gasteiger partial charge in [-0.1, -0.05) is 24.3 Å². The van der Waals surface area contributed by atoms with E-state index in [0.29, 0.717) is 25.3 Å². The molecule has 0 N–H and O–H groups in total. The summed E-state index contributed by atoms with van der Waals surface area (Å²) in [6, 6.07) is 23.4. The van der Waals surface area contributed by atoms with E-state index in [1.54, 1.807) is 14.2 Å². The number of imidazole rings is 1. The van der Waals surface area contributed by atoms with Gasteiger partial charge in [0.2, 0.25) is 5.91 Å². The van der Waals surface area contributed by atoms with Crippen LogP contribution in [-0.4, -0.2) is 42.8 Å². The second kappa shape index (κ2) is 10.1. The molecule has 1 unspecified atom stereocenters. The van der Waals surface area contributed by atoms with Crippen LogP contribution >= 0.6 is 0 Å². The molecule has 1 aliphatic rings. The Balaban J connectivity index is 1.33. The molecule has 180 valence electrons. The quantitative estimate of drug-likeness (QED) is 0.320. The van der Waals surface area contributed by atoms with Crippen molar-refractivity contribution in [2.45, 2.75) is 25.3 Å². The van der Waals surface area contributed by atoms with Crippen LogP contribution in [0.2, 0.25) is 0 Å². The largest absolute Gasteiger partial charge is 0.497 e. The van der Waals surface area contributed by atoms with Gasteiger partial charge in [-0.05, 0) is 55.0 Å². The molecule has 0 saturated carbocycles. The van der Waals surface area contributed by atoms with Crippen molar-refractivity contribution in [3.63, 3.8) is 0 Å². The summed E-state index contributed by atoms with van der Waals surface area (Å²) in [5, 5.41) is 0. The summed E-state index contributed by atoms with van der Waals surface area (Å²) in [6.07, 6.45) is 1.24. The molecule has 1 atom stereocenters. The Morgan fingerprint density at radius 1 is 0.914 bits per heavy atom. The van der Waals surface area contributed by atoms with Crippen molar-refractivity contribution >= 4 is 22.6 Å². The van der Waals surface area contributed by atoms with E-state index in [1.165, 1.54) is 0 Å². The van der Waals surface area contributed by atoms with E-state index in [1.807, 2.05) is 71.6 Å². The van der Waals surface area contributed by atoms with Crippen molar-refractivity contribution in [3.05, 3.63) is 78.6 Å². The van der Waals surface area contributed by atoms with E-state index in [4.69, 9.17) is 19.2 Å². The van der Waals surface area contributed by atoms with Crippen LogP contribution in [0.4, 0.5) is 5.69 Å². The third kappa shape index (κ3) is 4.67. The SMILES string of the molecule is COc1ccc(OCCCn2c(C3CC(=O)N(c4ccccc4OC)C3)nc3ccccc32)cc1. The van der Waals surface area contributed by atoms with Crippen LogP contribution in [0.5, 0.6) is 17.2 Å². The number of hydrogen-bond donors (Lipinski definition) is 0. The Morgan fingerprint density at radius 2 is 1.66 bits per heavy atom. The molecule has 7 heteroatoms. The first-order valence-electron chi connectivity index (χ1n) is 11.8. The molecule has 1 fully saturated rings. The van der Waals surface area contributed by atoms with Crippen molar-refractivity contribution < 1.29 is 19.0 Å². The molecule has 1 saturated heterocycles. The molecule has 5 rings (SSSR count). The first kappa shape index (κ1) is 22.8. The predicted molar refractivity (Wildman–Crippen MR) is 136 cm³/mol. The average molecular weight is 472 g/mol. The third-order valence-corrected chi connectivity index (χ3v) is 6.40. The lowest BCUT2D eigenvalue weighted by Gasteiger charge is -2.19. The molecular formula is C28H29N3O4. The number of amides is 1. The lowest BCUT2D eigenvalue weighted by atomic mass is 10.1. The fourth-order valence-corrected chi connectivity index (χ4v) is 4.69. The number of ether oxygens (including phenoxy) is 3. The normalized spacial score (nSPS) is 15.5. The molecule has 1 aromatic heterocycles. The zero-order valence-electron chi connectivity index (χ0n) is 20.0. The summed E-state index contributed by atoms with van der Waals surface area (Å²) in [5.74, 6) is 3.35. The van der Waals surface area contributed by atoms with Crippen LogP contribution in [0, 0.1) is 0 Å². The highest BCUT2D eigenvalue weighted by Crippen LogP contribution is 2.37. The number of anilines is 1. The minimum atomic E-state index is 0.00215. The van der Waals surface area contributed by atoms with E-state index < -0.39 is 0 Å². The second-order valence-electron chi connectivity index (χ2n) is 8.57. The minimum absolute atomic E-state index is 0.00215. The highest BCUT2D eigenvalue weighted by Gasteiger charge is 2.35. The number of carbonyl (C=O) groups excluding carboxylic acids is 1. The number of methoxy groups -OCH3 is 2. The third-order valence-electron chi connectivity index (χ3n) is 6.40. The molecule has 0 radical (unpaired) electrons. The number of fused-ring (bicyclic) bond motifs is 1.